The van der Waals surface area contributed by atoms with Crippen LogP contribution in [-0.4, -0.2) is 15.0 Å². The maximum Gasteiger partial charge on any atom is 0.199 e. The first kappa shape index (κ1) is 11.7. The van der Waals surface area contributed by atoms with Gasteiger partial charge >= 0.3 is 0 Å². The summed E-state index contributed by atoms with van der Waals surface area (Å²) in [6, 6.07) is 9.76. The van der Waals surface area contributed by atoms with E-state index in [1.807, 2.05) is 12.1 Å². The van der Waals surface area contributed by atoms with E-state index in [0.717, 1.165) is 11.1 Å². The Bertz CT molecular complexity index is 811. The van der Waals surface area contributed by atoms with Crippen molar-refractivity contribution < 1.29 is 4.39 Å². The van der Waals surface area contributed by atoms with E-state index in [1.54, 1.807) is 12.1 Å². The van der Waals surface area contributed by atoms with Crippen molar-refractivity contribution in [1.29, 1.82) is 0 Å². The fourth-order valence-electron chi connectivity index (χ4n) is 1.84. The quantitative estimate of drug-likeness (QED) is 0.668. The SMILES string of the molecule is Nc1nc(=S)[nH]c2ccc(-c3ccc(F)cc3)nc12. The molecule has 3 rings (SSSR count). The second kappa shape index (κ2) is 4.40. The molecule has 6 heteroatoms. The van der Waals surface area contributed by atoms with Crippen molar-refractivity contribution in [3.8, 4) is 11.3 Å². The van der Waals surface area contributed by atoms with E-state index < -0.39 is 0 Å². The molecule has 0 unspecified atom stereocenters. The highest BCUT2D eigenvalue weighted by molar-refractivity contribution is 7.71. The highest BCUT2D eigenvalue weighted by atomic mass is 32.1. The van der Waals surface area contributed by atoms with Crippen molar-refractivity contribution in [1.82, 2.24) is 15.0 Å². The third kappa shape index (κ3) is 2.17. The topological polar surface area (TPSA) is 67.6 Å². The molecule has 0 bridgehead atoms. The lowest BCUT2D eigenvalue weighted by atomic mass is 10.1. The predicted octanol–water partition coefficient (Wildman–Crippen LogP) is 3.08. The summed E-state index contributed by atoms with van der Waals surface area (Å²) in [6.45, 7) is 0. The predicted molar refractivity (Wildman–Crippen MR) is 74.5 cm³/mol. The number of hydrogen-bond acceptors (Lipinski definition) is 4. The number of nitrogen functional groups attached to an aromatic ring is 1. The van der Waals surface area contributed by atoms with Crippen LogP contribution in [0.15, 0.2) is 36.4 Å². The third-order valence-electron chi connectivity index (χ3n) is 2.74. The second-order valence-electron chi connectivity index (χ2n) is 4.03. The summed E-state index contributed by atoms with van der Waals surface area (Å²) in [5.41, 5.74) is 8.60. The molecule has 3 aromatic rings. The summed E-state index contributed by atoms with van der Waals surface area (Å²) in [5, 5.41) is 0. The monoisotopic (exact) mass is 272 g/mol. The van der Waals surface area contributed by atoms with Crippen LogP contribution >= 0.6 is 12.2 Å². The number of rotatable bonds is 1. The van der Waals surface area contributed by atoms with Gasteiger partial charge in [0.05, 0.1) is 11.2 Å². The zero-order valence-corrected chi connectivity index (χ0v) is 10.5. The van der Waals surface area contributed by atoms with Crippen LogP contribution in [0.5, 0.6) is 0 Å². The highest BCUT2D eigenvalue weighted by Gasteiger charge is 2.05. The fraction of sp³-hybridized carbons (Fsp3) is 0. The van der Waals surface area contributed by atoms with Gasteiger partial charge in [0.2, 0.25) is 0 Å². The molecule has 1 aromatic carbocycles. The van der Waals surface area contributed by atoms with Crippen LogP contribution < -0.4 is 5.73 Å². The van der Waals surface area contributed by atoms with Crippen LogP contribution in [0.2, 0.25) is 0 Å². The average Bonchev–Trinajstić information content (AvgIpc) is 2.39. The Kier molecular flexibility index (Phi) is 2.72. The Labute approximate surface area is 113 Å². The standard InChI is InChI=1S/C13H9FN4S/c14-8-3-1-7(2-4-8)9-5-6-10-11(16-9)12(15)18-13(19)17-10/h1-6H,(H3,15,17,18,19). The molecule has 0 aliphatic heterocycles. The minimum absolute atomic E-state index is 0.280. The Morgan fingerprint density at radius 3 is 2.53 bits per heavy atom. The summed E-state index contributed by atoms with van der Waals surface area (Å²) in [7, 11) is 0. The first-order chi connectivity index (χ1) is 9.13. The highest BCUT2D eigenvalue weighted by Crippen LogP contribution is 2.22. The molecule has 0 fully saturated rings. The Hall–Kier alpha value is -2.34. The molecule has 0 saturated heterocycles. The van der Waals surface area contributed by atoms with Crippen LogP contribution in [-0.2, 0) is 0 Å². The Morgan fingerprint density at radius 2 is 1.79 bits per heavy atom. The van der Waals surface area contributed by atoms with Crippen molar-refractivity contribution in [3.05, 3.63) is 47.0 Å². The lowest BCUT2D eigenvalue weighted by molar-refractivity contribution is 0.628. The molecule has 0 radical (unpaired) electrons. The summed E-state index contributed by atoms with van der Waals surface area (Å²) in [6.07, 6.45) is 0. The largest absolute Gasteiger partial charge is 0.382 e. The summed E-state index contributed by atoms with van der Waals surface area (Å²) < 4.78 is 13.2. The molecular formula is C13H9FN4S. The Morgan fingerprint density at radius 1 is 1.05 bits per heavy atom. The third-order valence-corrected chi connectivity index (χ3v) is 2.93. The zero-order chi connectivity index (χ0) is 13.4. The molecule has 2 heterocycles. The number of nitrogens with two attached hydrogens (primary N) is 1. The number of halogens is 1. The van der Waals surface area contributed by atoms with Crippen LogP contribution in [0.3, 0.4) is 0 Å². The number of hydrogen-bond donors (Lipinski definition) is 2. The number of nitrogens with zero attached hydrogens (tertiary/aromatic N) is 2. The lowest BCUT2D eigenvalue weighted by Gasteiger charge is -2.04. The summed E-state index contributed by atoms with van der Waals surface area (Å²) in [5.74, 6) is -0.00230. The number of aromatic nitrogens is 3. The van der Waals surface area contributed by atoms with E-state index in [-0.39, 0.29) is 11.6 Å². The maximum absolute atomic E-state index is 12.9. The van der Waals surface area contributed by atoms with Crippen molar-refractivity contribution in [2.24, 2.45) is 0 Å². The minimum atomic E-state index is -0.283. The average molecular weight is 272 g/mol. The van der Waals surface area contributed by atoms with Gasteiger partial charge in [-0.2, -0.15) is 0 Å². The van der Waals surface area contributed by atoms with Crippen molar-refractivity contribution in [3.63, 3.8) is 0 Å². The molecule has 19 heavy (non-hydrogen) atoms. The number of aromatic amines is 1. The van der Waals surface area contributed by atoms with Crippen molar-refractivity contribution in [2.45, 2.75) is 0 Å². The molecule has 0 spiro atoms. The lowest BCUT2D eigenvalue weighted by Crippen LogP contribution is -1.97. The van der Waals surface area contributed by atoms with Gasteiger partial charge in [-0.1, -0.05) is 0 Å². The van der Waals surface area contributed by atoms with Crippen molar-refractivity contribution >= 4 is 29.1 Å². The van der Waals surface area contributed by atoms with Gasteiger partial charge in [-0.05, 0) is 48.6 Å². The number of pyridine rings is 1. The van der Waals surface area contributed by atoms with Gasteiger partial charge in [-0.15, -0.1) is 0 Å². The number of H-pyrrole nitrogens is 1. The Balaban J connectivity index is 2.21. The molecule has 0 saturated carbocycles. The van der Waals surface area contributed by atoms with Crippen LogP contribution in [0.4, 0.5) is 10.2 Å². The molecule has 0 atom stereocenters. The number of fused-ring (bicyclic) bond motifs is 1. The van der Waals surface area contributed by atoms with Gasteiger partial charge in [-0.3, -0.25) is 0 Å². The zero-order valence-electron chi connectivity index (χ0n) is 9.72. The van der Waals surface area contributed by atoms with Gasteiger partial charge in [0.1, 0.15) is 11.3 Å². The van der Waals surface area contributed by atoms with Crippen LogP contribution in [0.25, 0.3) is 22.3 Å². The maximum atomic E-state index is 12.9. The number of nitrogens with one attached hydrogen (secondary N) is 1. The molecular weight excluding hydrogens is 263 g/mol. The van der Waals surface area contributed by atoms with Gasteiger partial charge in [0, 0.05) is 5.56 Å². The first-order valence-corrected chi connectivity index (χ1v) is 5.97. The van der Waals surface area contributed by atoms with E-state index in [0.29, 0.717) is 16.0 Å². The van der Waals surface area contributed by atoms with E-state index in [4.69, 9.17) is 18.0 Å². The summed E-state index contributed by atoms with van der Waals surface area (Å²) in [4.78, 5) is 11.3. The molecule has 0 amide bonds. The van der Waals surface area contributed by atoms with E-state index in [9.17, 15) is 4.39 Å². The van der Waals surface area contributed by atoms with Crippen LogP contribution in [0, 0.1) is 10.6 Å². The van der Waals surface area contributed by atoms with Crippen LogP contribution in [0.1, 0.15) is 0 Å². The first-order valence-electron chi connectivity index (χ1n) is 5.56. The van der Waals surface area contributed by atoms with Gasteiger partial charge in [-0.25, -0.2) is 14.4 Å². The molecule has 2 aromatic heterocycles. The molecule has 3 N–H and O–H groups in total. The minimum Gasteiger partial charge on any atom is -0.382 e. The molecule has 0 aliphatic carbocycles. The number of anilines is 1. The molecule has 4 nitrogen and oxygen atoms in total. The molecule has 0 aliphatic rings. The van der Waals surface area contributed by atoms with Gasteiger partial charge in [0.25, 0.3) is 0 Å². The second-order valence-corrected chi connectivity index (χ2v) is 4.41. The number of benzene rings is 1. The van der Waals surface area contributed by atoms with E-state index >= 15 is 0 Å². The smallest absolute Gasteiger partial charge is 0.199 e. The van der Waals surface area contributed by atoms with Gasteiger partial charge in [0.15, 0.2) is 10.6 Å². The van der Waals surface area contributed by atoms with E-state index in [2.05, 4.69) is 15.0 Å². The summed E-state index contributed by atoms with van der Waals surface area (Å²) >= 11 is 4.95. The normalized spacial score (nSPS) is 10.8. The fourth-order valence-corrected chi connectivity index (χ4v) is 2.05. The van der Waals surface area contributed by atoms with Gasteiger partial charge < -0.3 is 10.7 Å². The van der Waals surface area contributed by atoms with Crippen molar-refractivity contribution in [2.75, 3.05) is 5.73 Å². The molecule has 94 valence electrons. The van der Waals surface area contributed by atoms with E-state index in [1.165, 1.54) is 12.1 Å².